The Morgan fingerprint density at radius 2 is 2.38 bits per heavy atom. The van der Waals surface area contributed by atoms with Crippen LogP contribution < -0.4 is 16.0 Å². The van der Waals surface area contributed by atoms with Crippen molar-refractivity contribution in [3.05, 3.63) is 0 Å². The first-order valence-corrected chi connectivity index (χ1v) is 6.01. The highest BCUT2D eigenvalue weighted by molar-refractivity contribution is 5.82. The van der Waals surface area contributed by atoms with Crippen LogP contribution >= 0.6 is 0 Å². The van der Waals surface area contributed by atoms with Gasteiger partial charge in [0.05, 0.1) is 18.7 Å². The maximum atomic E-state index is 11.9. The van der Waals surface area contributed by atoms with Gasteiger partial charge in [-0.25, -0.2) is 0 Å². The van der Waals surface area contributed by atoms with Crippen molar-refractivity contribution in [3.8, 4) is 0 Å². The molecule has 16 heavy (non-hydrogen) atoms. The second-order valence-corrected chi connectivity index (χ2v) is 4.16. The topological polar surface area (TPSA) is 62.4 Å². The van der Waals surface area contributed by atoms with Crippen LogP contribution in [0.25, 0.3) is 0 Å². The number of ether oxygens (including phenoxy) is 1. The molecule has 0 radical (unpaired) electrons. The summed E-state index contributed by atoms with van der Waals surface area (Å²) < 4.78 is 5.09. The van der Waals surface area contributed by atoms with Crippen molar-refractivity contribution >= 4 is 5.91 Å². The predicted molar refractivity (Wildman–Crippen MR) is 63.4 cm³/mol. The van der Waals surface area contributed by atoms with Gasteiger partial charge >= 0.3 is 0 Å². The minimum Gasteiger partial charge on any atom is -0.383 e. The maximum Gasteiger partial charge on any atom is 0.238 e. The van der Waals surface area contributed by atoms with E-state index in [-0.39, 0.29) is 18.0 Å². The van der Waals surface area contributed by atoms with E-state index >= 15 is 0 Å². The normalized spacial score (nSPS) is 22.8. The molecular weight excluding hydrogens is 206 g/mol. The van der Waals surface area contributed by atoms with Crippen LogP contribution in [0.2, 0.25) is 0 Å². The number of carbonyl (C=O) groups excluding carboxylic acids is 1. The van der Waals surface area contributed by atoms with Gasteiger partial charge in [0.2, 0.25) is 5.91 Å². The van der Waals surface area contributed by atoms with Gasteiger partial charge in [0.1, 0.15) is 0 Å². The van der Waals surface area contributed by atoms with E-state index in [0.29, 0.717) is 13.2 Å². The van der Waals surface area contributed by atoms with E-state index in [0.717, 1.165) is 25.9 Å². The molecule has 1 fully saturated rings. The van der Waals surface area contributed by atoms with E-state index in [1.54, 1.807) is 7.11 Å². The van der Waals surface area contributed by atoms with Gasteiger partial charge in [-0.2, -0.15) is 0 Å². The molecule has 0 saturated carbocycles. The highest BCUT2D eigenvalue weighted by Gasteiger charge is 2.22. The van der Waals surface area contributed by atoms with Gasteiger partial charge in [0.15, 0.2) is 0 Å². The first-order valence-electron chi connectivity index (χ1n) is 6.01. The van der Waals surface area contributed by atoms with Crippen LogP contribution in [0.1, 0.15) is 19.8 Å². The molecule has 0 aliphatic carbocycles. The second kappa shape index (κ2) is 7.60. The van der Waals surface area contributed by atoms with E-state index in [2.05, 4.69) is 22.9 Å². The van der Waals surface area contributed by atoms with Crippen molar-refractivity contribution in [1.82, 2.24) is 16.0 Å². The Balaban J connectivity index is 2.33. The van der Waals surface area contributed by atoms with Crippen molar-refractivity contribution in [1.29, 1.82) is 0 Å². The predicted octanol–water partition coefficient (Wildman–Crippen LogP) is -0.521. The zero-order valence-electron chi connectivity index (χ0n) is 10.2. The fraction of sp³-hybridized carbons (Fsp3) is 0.909. The quantitative estimate of drug-likeness (QED) is 0.573. The molecule has 0 aromatic rings. The molecule has 2 atom stereocenters. The molecule has 5 heteroatoms. The van der Waals surface area contributed by atoms with Crippen LogP contribution in [-0.4, -0.2) is 51.3 Å². The molecule has 0 bridgehead atoms. The Kier molecular flexibility index (Phi) is 6.37. The first kappa shape index (κ1) is 13.4. The van der Waals surface area contributed by atoms with Crippen molar-refractivity contribution < 1.29 is 9.53 Å². The fourth-order valence-electron chi connectivity index (χ4n) is 1.89. The van der Waals surface area contributed by atoms with Gasteiger partial charge in [-0.15, -0.1) is 0 Å². The Labute approximate surface area is 97.3 Å². The second-order valence-electron chi connectivity index (χ2n) is 4.16. The zero-order valence-corrected chi connectivity index (χ0v) is 10.2. The highest BCUT2D eigenvalue weighted by atomic mass is 16.5. The fourth-order valence-corrected chi connectivity index (χ4v) is 1.89. The number of hydrogen-bond acceptors (Lipinski definition) is 4. The molecular formula is C11H23N3O2. The standard InChI is InChI=1S/C11H23N3O2/c1-3-4-9(8-16-2)14-11(15)10-7-12-5-6-13-10/h9-10,12-13H,3-8H2,1-2H3,(H,14,15). The van der Waals surface area contributed by atoms with Gasteiger partial charge in [0.25, 0.3) is 0 Å². The van der Waals surface area contributed by atoms with Gasteiger partial charge in [-0.1, -0.05) is 13.3 Å². The van der Waals surface area contributed by atoms with Gasteiger partial charge in [0, 0.05) is 26.7 Å². The molecule has 5 nitrogen and oxygen atoms in total. The van der Waals surface area contributed by atoms with Gasteiger partial charge in [-0.05, 0) is 6.42 Å². The summed E-state index contributed by atoms with van der Waals surface area (Å²) in [6.07, 6.45) is 2.00. The highest BCUT2D eigenvalue weighted by Crippen LogP contribution is 1.98. The lowest BCUT2D eigenvalue weighted by molar-refractivity contribution is -0.124. The van der Waals surface area contributed by atoms with Gasteiger partial charge < -0.3 is 20.7 Å². The Morgan fingerprint density at radius 3 is 2.94 bits per heavy atom. The number of methoxy groups -OCH3 is 1. The first-order chi connectivity index (χ1) is 7.77. The minimum atomic E-state index is -0.107. The molecule has 1 aliphatic heterocycles. The third-order valence-electron chi connectivity index (χ3n) is 2.71. The van der Waals surface area contributed by atoms with E-state index < -0.39 is 0 Å². The third kappa shape index (κ3) is 4.47. The summed E-state index contributed by atoms with van der Waals surface area (Å²) >= 11 is 0. The lowest BCUT2D eigenvalue weighted by atomic mass is 10.1. The maximum absolute atomic E-state index is 11.9. The van der Waals surface area contributed by atoms with Crippen molar-refractivity contribution in [2.24, 2.45) is 0 Å². The number of rotatable bonds is 6. The van der Waals surface area contributed by atoms with Crippen LogP contribution in [-0.2, 0) is 9.53 Å². The lowest BCUT2D eigenvalue weighted by Gasteiger charge is -2.26. The molecule has 1 amide bonds. The van der Waals surface area contributed by atoms with Crippen LogP contribution in [0.4, 0.5) is 0 Å². The molecule has 0 aromatic carbocycles. The van der Waals surface area contributed by atoms with Crippen molar-refractivity contribution in [2.45, 2.75) is 31.8 Å². The summed E-state index contributed by atoms with van der Waals surface area (Å²) in [5.74, 6) is 0.0719. The Hall–Kier alpha value is -0.650. The summed E-state index contributed by atoms with van der Waals surface area (Å²) in [5.41, 5.74) is 0. The largest absolute Gasteiger partial charge is 0.383 e. The van der Waals surface area contributed by atoms with Gasteiger partial charge in [-0.3, -0.25) is 4.79 Å². The average Bonchev–Trinajstić information content (AvgIpc) is 2.31. The summed E-state index contributed by atoms with van der Waals surface area (Å²) in [4.78, 5) is 11.9. The molecule has 3 N–H and O–H groups in total. The third-order valence-corrected chi connectivity index (χ3v) is 2.71. The Morgan fingerprint density at radius 1 is 1.56 bits per heavy atom. The van der Waals surface area contributed by atoms with E-state index in [9.17, 15) is 4.79 Å². The summed E-state index contributed by atoms with van der Waals surface area (Å²) in [7, 11) is 1.66. The van der Waals surface area contributed by atoms with Crippen molar-refractivity contribution in [3.63, 3.8) is 0 Å². The molecule has 1 heterocycles. The Bertz CT molecular complexity index is 199. The smallest absolute Gasteiger partial charge is 0.238 e. The number of piperazine rings is 1. The molecule has 2 unspecified atom stereocenters. The molecule has 1 rings (SSSR count). The van der Waals surface area contributed by atoms with E-state index in [1.165, 1.54) is 0 Å². The summed E-state index contributed by atoms with van der Waals surface area (Å²) in [5, 5.41) is 9.41. The van der Waals surface area contributed by atoms with Crippen LogP contribution in [0, 0.1) is 0 Å². The van der Waals surface area contributed by atoms with Crippen LogP contribution in [0.5, 0.6) is 0 Å². The average molecular weight is 229 g/mol. The molecule has 94 valence electrons. The summed E-state index contributed by atoms with van der Waals surface area (Å²) in [6, 6.07) is 0.0242. The van der Waals surface area contributed by atoms with Crippen molar-refractivity contribution in [2.75, 3.05) is 33.4 Å². The molecule has 0 aromatic heterocycles. The molecule has 0 spiro atoms. The van der Waals surface area contributed by atoms with Crippen LogP contribution in [0.15, 0.2) is 0 Å². The summed E-state index contributed by atoms with van der Waals surface area (Å²) in [6.45, 7) is 5.17. The molecule has 1 aliphatic rings. The number of amides is 1. The van der Waals surface area contributed by atoms with E-state index in [4.69, 9.17) is 4.74 Å². The number of hydrogen-bond donors (Lipinski definition) is 3. The van der Waals surface area contributed by atoms with E-state index in [1.807, 2.05) is 0 Å². The molecule has 1 saturated heterocycles. The lowest BCUT2D eigenvalue weighted by Crippen LogP contribution is -2.57. The number of nitrogens with one attached hydrogen (secondary N) is 3. The number of carbonyl (C=O) groups is 1. The monoisotopic (exact) mass is 229 g/mol. The SMILES string of the molecule is CCCC(COC)NC(=O)C1CNCCN1. The van der Waals surface area contributed by atoms with Crippen LogP contribution in [0.3, 0.4) is 0 Å². The minimum absolute atomic E-state index is 0.0719. The zero-order chi connectivity index (χ0) is 11.8.